The second-order valence-electron chi connectivity index (χ2n) is 19.4. The number of nitrogens with one attached hydrogen (secondary N) is 1. The molecule has 0 radical (unpaired) electrons. The minimum atomic E-state index is -0.976. The van der Waals surface area contributed by atoms with E-state index in [-0.39, 0.29) is 10.5 Å². The Hall–Kier alpha value is -8.35. The second kappa shape index (κ2) is 26.3. The van der Waals surface area contributed by atoms with Crippen molar-refractivity contribution in [3.05, 3.63) is 335 Å². The lowest BCUT2D eigenvalue weighted by Crippen LogP contribution is -2.53. The predicted octanol–water partition coefficient (Wildman–Crippen LogP) is 15.9. The number of carboxylic acid groups (broad SMARTS) is 2. The van der Waals surface area contributed by atoms with E-state index in [0.717, 1.165) is 78.6 Å². The van der Waals surface area contributed by atoms with Crippen LogP contribution in [0.4, 0.5) is 0 Å². The summed E-state index contributed by atoms with van der Waals surface area (Å²) in [6.07, 6.45) is 0. The zero-order chi connectivity index (χ0) is 56.0. The summed E-state index contributed by atoms with van der Waals surface area (Å²) in [6, 6.07) is 90.9. The number of nitrogens with two attached hydrogens (primary N) is 1. The van der Waals surface area contributed by atoms with Gasteiger partial charge in [0.25, 0.3) is 0 Å². The first-order valence-electron chi connectivity index (χ1n) is 26.6. The van der Waals surface area contributed by atoms with Crippen LogP contribution in [0.15, 0.2) is 279 Å². The number of thioether (sulfide) groups is 2. The van der Waals surface area contributed by atoms with Gasteiger partial charge in [0.05, 0.1) is 16.0 Å². The highest BCUT2D eigenvalue weighted by Gasteiger charge is 2.41. The van der Waals surface area contributed by atoms with E-state index in [1.807, 2.05) is 194 Å². The third-order valence-electron chi connectivity index (χ3n) is 14.3. The number of carbonyl (C=O) groups is 2. The molecule has 0 amide bonds. The quantitative estimate of drug-likeness (QED) is 0.0548. The molecule has 10 aromatic carbocycles. The molecule has 0 saturated heterocycles. The maximum Gasteiger partial charge on any atom is 0.321 e. The highest BCUT2D eigenvalue weighted by molar-refractivity contribution is 8.00. The summed E-state index contributed by atoms with van der Waals surface area (Å²) in [5.41, 5.74) is 15.1. The number of para-hydroxylation sites is 4. The Morgan fingerprint density at radius 3 is 0.951 bits per heavy atom. The van der Waals surface area contributed by atoms with Crippen molar-refractivity contribution in [3.8, 4) is 23.0 Å². The highest BCUT2D eigenvalue weighted by atomic mass is 35.5. The maximum atomic E-state index is 12.9. The molecule has 2 unspecified atom stereocenters. The van der Waals surface area contributed by atoms with E-state index in [9.17, 15) is 14.7 Å². The number of halogens is 1. The monoisotopic (exact) mass is 1120 g/mol. The van der Waals surface area contributed by atoms with Crippen molar-refractivity contribution in [1.29, 1.82) is 0 Å². The minimum absolute atomic E-state index is 0.0385. The lowest BCUT2D eigenvalue weighted by Gasteiger charge is -2.39. The van der Waals surface area contributed by atoms with Gasteiger partial charge < -0.3 is 25.4 Å². The smallest absolute Gasteiger partial charge is 0.321 e. The van der Waals surface area contributed by atoms with E-state index in [1.54, 1.807) is 11.8 Å². The van der Waals surface area contributed by atoms with Crippen LogP contribution in [0.3, 0.4) is 0 Å². The van der Waals surface area contributed by atoms with Gasteiger partial charge in [-0.2, -0.15) is 0 Å². The van der Waals surface area contributed by atoms with Crippen molar-refractivity contribution < 1.29 is 29.3 Å². The number of aliphatic carboxylic acids is 2. The van der Waals surface area contributed by atoms with Crippen molar-refractivity contribution in [1.82, 2.24) is 5.32 Å². The molecule has 0 bridgehead atoms. The van der Waals surface area contributed by atoms with Gasteiger partial charge in [-0.25, -0.2) is 0 Å². The van der Waals surface area contributed by atoms with Crippen LogP contribution in [0.1, 0.15) is 66.1 Å². The van der Waals surface area contributed by atoms with Gasteiger partial charge in [-0.3, -0.25) is 14.9 Å². The fourth-order valence-electron chi connectivity index (χ4n) is 10.3. The van der Waals surface area contributed by atoms with Gasteiger partial charge in [-0.15, -0.1) is 35.1 Å². The summed E-state index contributed by atoms with van der Waals surface area (Å²) in [7, 11) is 0. The number of alkyl halides is 1. The minimum Gasteiger partial charge on any atom is -0.480 e. The lowest BCUT2D eigenvalue weighted by atomic mass is 9.76. The molecule has 2 heterocycles. The molecule has 2 atom stereocenters. The second-order valence-corrected chi connectivity index (χ2v) is 22.2. The van der Waals surface area contributed by atoms with Crippen molar-refractivity contribution in [3.63, 3.8) is 0 Å². The summed E-state index contributed by atoms with van der Waals surface area (Å²) in [6.45, 7) is 0. The zero-order valence-electron chi connectivity index (χ0n) is 44.1. The first-order chi connectivity index (χ1) is 39.6. The van der Waals surface area contributed by atoms with Crippen LogP contribution in [0, 0.1) is 0 Å². The zero-order valence-corrected chi connectivity index (χ0v) is 46.5. The lowest BCUT2D eigenvalue weighted by molar-refractivity contribution is -0.139. The van der Waals surface area contributed by atoms with Crippen molar-refractivity contribution >= 4 is 47.1 Å². The third-order valence-corrected chi connectivity index (χ3v) is 17.7. The normalized spacial score (nSPS) is 13.3. The molecule has 2 aliphatic heterocycles. The summed E-state index contributed by atoms with van der Waals surface area (Å²) in [4.78, 5) is 23.2. The van der Waals surface area contributed by atoms with Crippen LogP contribution in [0.2, 0.25) is 0 Å². The van der Waals surface area contributed by atoms with Gasteiger partial charge >= 0.3 is 11.9 Å². The maximum absolute atomic E-state index is 12.9. The van der Waals surface area contributed by atoms with Crippen LogP contribution in [0.5, 0.6) is 23.0 Å². The third kappa shape index (κ3) is 12.5. The van der Waals surface area contributed by atoms with Crippen LogP contribution < -0.4 is 20.5 Å². The standard InChI is InChI=1S/C35H29NO3S.C19H15Cl.C16H15NO3S/c37-34(38)30(24-40-33-28-20-10-12-22-31(28)39-32-23-13-11-21-29(32)33)36-35(25-14-4-1-5-15-25,26-16-6-2-7-17-26)27-18-8-3-9-19-27;20-19(16-10-4-1-5-11-16,17-12-6-2-7-13-17)18-14-8-3-9-15-18;17-12(16(18)19)9-21-15-10-5-1-3-7-13(10)20-14-8-4-2-6-11(14)15/h1-23,30,33,36H,24H2,(H,37,38);1-15H;1-8,12,15H,9,17H2,(H,18,19). The summed E-state index contributed by atoms with van der Waals surface area (Å²) < 4.78 is 12.1. The number of ether oxygens (including phenoxy) is 2. The summed E-state index contributed by atoms with van der Waals surface area (Å²) in [5.74, 6) is 2.08. The van der Waals surface area contributed by atoms with E-state index in [2.05, 4.69) is 90.2 Å². The summed E-state index contributed by atoms with van der Waals surface area (Å²) >= 11 is 10.3. The number of carboxylic acids is 2. The molecule has 2 aliphatic rings. The first kappa shape index (κ1) is 55.9. The van der Waals surface area contributed by atoms with Gasteiger partial charge in [-0.05, 0) is 57.6 Å². The molecule has 10 aromatic rings. The van der Waals surface area contributed by atoms with Gasteiger partial charge in [-0.1, -0.05) is 255 Å². The number of hydrogen-bond acceptors (Lipinski definition) is 8. The molecular weight excluding hydrogens is 1060 g/mol. The predicted molar refractivity (Wildman–Crippen MR) is 329 cm³/mol. The molecule has 0 aliphatic carbocycles. The molecule has 11 heteroatoms. The Morgan fingerprint density at radius 1 is 0.407 bits per heavy atom. The van der Waals surface area contributed by atoms with Gasteiger partial charge in [0.2, 0.25) is 0 Å². The number of hydrogen-bond donors (Lipinski definition) is 4. The average Bonchev–Trinajstić information content (AvgIpc) is 3.66. The van der Waals surface area contributed by atoms with Crippen molar-refractivity contribution in [2.75, 3.05) is 11.5 Å². The van der Waals surface area contributed by atoms with Crippen LogP contribution in [-0.2, 0) is 20.0 Å². The van der Waals surface area contributed by atoms with Crippen molar-refractivity contribution in [2.24, 2.45) is 5.73 Å². The Labute approximate surface area is 486 Å². The molecule has 12 rings (SSSR count). The Bertz CT molecular complexity index is 3370. The Morgan fingerprint density at radius 2 is 0.667 bits per heavy atom. The van der Waals surface area contributed by atoms with Crippen molar-refractivity contribution in [2.45, 2.75) is 33.0 Å². The first-order valence-corrected chi connectivity index (χ1v) is 29.1. The number of rotatable bonds is 16. The molecule has 5 N–H and O–H groups in total. The van der Waals surface area contributed by atoms with E-state index >= 15 is 0 Å². The van der Waals surface area contributed by atoms with Gasteiger partial charge in [0, 0.05) is 33.8 Å². The van der Waals surface area contributed by atoms with E-state index in [1.165, 1.54) is 11.8 Å². The molecule has 0 fully saturated rings. The van der Waals surface area contributed by atoms with Gasteiger partial charge in [0.1, 0.15) is 40.0 Å². The molecule has 8 nitrogen and oxygen atoms in total. The van der Waals surface area contributed by atoms with Crippen LogP contribution in [-0.4, -0.2) is 45.7 Å². The molecule has 0 spiro atoms. The molecule has 0 aromatic heterocycles. The van der Waals surface area contributed by atoms with Crippen LogP contribution >= 0.6 is 35.1 Å². The molecule has 0 saturated carbocycles. The number of fused-ring (bicyclic) bond motifs is 4. The van der Waals surface area contributed by atoms with Gasteiger partial charge in [0.15, 0.2) is 0 Å². The summed E-state index contributed by atoms with van der Waals surface area (Å²) in [5, 5.41) is 23.2. The molecule has 404 valence electrons. The van der Waals surface area contributed by atoms with Crippen LogP contribution in [0.25, 0.3) is 0 Å². The molecule has 81 heavy (non-hydrogen) atoms. The Balaban J connectivity index is 0.000000151. The fourth-order valence-corrected chi connectivity index (χ4v) is 13.3. The SMILES string of the molecule is ClC(c1ccccc1)(c1ccccc1)c1ccccc1.NC(CSC1c2ccccc2Oc2ccccc21)C(=O)O.O=C(O)C(CSC1c2ccccc2Oc2ccccc21)NC(c1ccccc1)(c1ccccc1)c1ccccc1. The fraction of sp³-hybridized carbons (Fsp3) is 0.114. The largest absolute Gasteiger partial charge is 0.480 e. The Kier molecular flexibility index (Phi) is 18.2. The topological polar surface area (TPSA) is 131 Å². The van der Waals surface area contributed by atoms with E-state index in [4.69, 9.17) is 31.9 Å². The molecular formula is C70H59ClN2O6S2. The number of benzene rings is 10. The van der Waals surface area contributed by atoms with E-state index < -0.39 is 34.4 Å². The highest BCUT2D eigenvalue weighted by Crippen LogP contribution is 2.51. The van der Waals surface area contributed by atoms with E-state index in [0.29, 0.717) is 11.5 Å². The average molecular weight is 1120 g/mol.